The molecule has 0 radical (unpaired) electrons. The summed E-state index contributed by atoms with van der Waals surface area (Å²) in [5.41, 5.74) is 0. The van der Waals surface area contributed by atoms with E-state index < -0.39 is 0 Å². The van der Waals surface area contributed by atoms with E-state index in [-0.39, 0.29) is 0 Å². The van der Waals surface area contributed by atoms with Crippen molar-refractivity contribution in [1.82, 2.24) is 10.1 Å². The maximum atomic E-state index is 3.78. The number of nitrogens with one attached hydrogen (secondary N) is 1. The van der Waals surface area contributed by atoms with Gasteiger partial charge in [0.15, 0.2) is 0 Å². The van der Waals surface area contributed by atoms with Gasteiger partial charge in [-0.25, -0.2) is 4.98 Å². The molecule has 1 N–H and O–H groups in total. The monoisotopic (exact) mass is 84.1 g/mol. The van der Waals surface area contributed by atoms with Crippen molar-refractivity contribution in [2.75, 3.05) is 0 Å². The van der Waals surface area contributed by atoms with Crippen molar-refractivity contribution in [2.45, 2.75) is 0 Å². The summed E-state index contributed by atoms with van der Waals surface area (Å²) < 4.78 is 1.69. The van der Waals surface area contributed by atoms with Gasteiger partial charge in [0.1, 0.15) is 7.05 Å². The van der Waals surface area contributed by atoms with E-state index in [1.54, 1.807) is 17.3 Å². The Morgan fingerprint density at radius 2 is 2.67 bits per heavy atom. The molecule has 0 saturated carbocycles. The van der Waals surface area contributed by atoms with Crippen molar-refractivity contribution in [2.24, 2.45) is 7.05 Å². The first-order valence-electron chi connectivity index (χ1n) is 1.74. The molecule has 0 aromatic carbocycles. The van der Waals surface area contributed by atoms with E-state index in [0.29, 0.717) is 0 Å². The summed E-state index contributed by atoms with van der Waals surface area (Å²) in [7, 11) is 1.86. The van der Waals surface area contributed by atoms with Crippen LogP contribution in [0, 0.1) is 0 Å². The van der Waals surface area contributed by atoms with Crippen LogP contribution in [0.3, 0.4) is 0 Å². The van der Waals surface area contributed by atoms with Gasteiger partial charge < -0.3 is 0 Å². The number of nitrogens with zero attached hydrogens (tertiary/aromatic N) is 2. The Kier molecular flexibility index (Phi) is 0.602. The first-order chi connectivity index (χ1) is 2.89. The lowest BCUT2D eigenvalue weighted by Crippen LogP contribution is -2.27. The highest BCUT2D eigenvalue weighted by molar-refractivity contribution is 4.33. The molecule has 6 heavy (non-hydrogen) atoms. The standard InChI is InChI=1S/C3H5N3/c1-6-3-4-2-5-6/h2-3H,1H3/p+1. The number of H-pyrrole nitrogens is 1. The van der Waals surface area contributed by atoms with Gasteiger partial charge in [0, 0.05) is 0 Å². The Bertz CT molecular complexity index is 110. The van der Waals surface area contributed by atoms with Crippen LogP contribution in [0.1, 0.15) is 0 Å². The smallest absolute Gasteiger partial charge is 0.233 e. The van der Waals surface area contributed by atoms with Crippen LogP contribution in [-0.4, -0.2) is 10.1 Å². The van der Waals surface area contributed by atoms with E-state index in [1.807, 2.05) is 7.05 Å². The third kappa shape index (κ3) is 0.381. The van der Waals surface area contributed by atoms with Crippen molar-refractivity contribution in [3.63, 3.8) is 0 Å². The van der Waals surface area contributed by atoms with Crippen molar-refractivity contribution in [3.8, 4) is 0 Å². The number of aryl methyl sites for hydroxylation is 1. The summed E-state index contributed by atoms with van der Waals surface area (Å²) in [4.78, 5) is 2.78. The summed E-state index contributed by atoms with van der Waals surface area (Å²) in [5.74, 6) is 0. The second kappa shape index (κ2) is 1.08. The summed E-state index contributed by atoms with van der Waals surface area (Å²) in [6.07, 6.45) is 3.39. The molecule has 0 bridgehead atoms. The van der Waals surface area contributed by atoms with Crippen LogP contribution < -0.4 is 4.68 Å². The Morgan fingerprint density at radius 1 is 1.83 bits per heavy atom. The summed E-state index contributed by atoms with van der Waals surface area (Å²) in [6, 6.07) is 0. The van der Waals surface area contributed by atoms with Crippen LogP contribution in [0.2, 0.25) is 0 Å². The lowest BCUT2D eigenvalue weighted by Gasteiger charge is -1.63. The van der Waals surface area contributed by atoms with Gasteiger partial charge in [-0.3, -0.25) is 0 Å². The molecule has 0 amide bonds. The van der Waals surface area contributed by atoms with E-state index in [1.165, 1.54) is 0 Å². The quantitative estimate of drug-likeness (QED) is 0.411. The van der Waals surface area contributed by atoms with Crippen LogP contribution in [-0.2, 0) is 7.05 Å². The van der Waals surface area contributed by atoms with Crippen LogP contribution in [0.15, 0.2) is 12.7 Å². The molecule has 1 aromatic heterocycles. The molecule has 0 saturated heterocycles. The lowest BCUT2D eigenvalue weighted by molar-refractivity contribution is -0.728. The maximum absolute atomic E-state index is 3.78. The first-order valence-corrected chi connectivity index (χ1v) is 1.74. The zero-order valence-electron chi connectivity index (χ0n) is 3.55. The third-order valence-corrected chi connectivity index (χ3v) is 0.576. The second-order valence-corrected chi connectivity index (χ2v) is 1.11. The van der Waals surface area contributed by atoms with Gasteiger partial charge in [0.05, 0.1) is 0 Å². The molecule has 0 aliphatic rings. The molecule has 1 aromatic rings. The molecule has 0 atom stereocenters. The molecule has 1 rings (SSSR count). The van der Waals surface area contributed by atoms with Crippen LogP contribution in [0.5, 0.6) is 0 Å². The molecule has 0 unspecified atom stereocenters. The Hall–Kier alpha value is -0.860. The van der Waals surface area contributed by atoms with Gasteiger partial charge in [0.2, 0.25) is 6.33 Å². The predicted molar refractivity (Wildman–Crippen MR) is 19.8 cm³/mol. The van der Waals surface area contributed by atoms with Gasteiger partial charge in [-0.05, 0) is 5.10 Å². The lowest BCUT2D eigenvalue weighted by atomic mass is 11.2. The predicted octanol–water partition coefficient (Wildman–Crippen LogP) is -0.766. The van der Waals surface area contributed by atoms with Gasteiger partial charge in [-0.15, -0.1) is 4.68 Å². The molecule has 0 aliphatic carbocycles. The molecule has 0 aliphatic heterocycles. The molecule has 3 nitrogen and oxygen atoms in total. The van der Waals surface area contributed by atoms with Gasteiger partial charge in [-0.2, -0.15) is 0 Å². The number of hydrogen-bond donors (Lipinski definition) is 1. The normalized spacial score (nSPS) is 8.83. The number of hydrogen-bond acceptors (Lipinski definition) is 1. The molecular formula is C3H6N3+. The minimum absolute atomic E-state index is 1.62. The highest BCUT2D eigenvalue weighted by Gasteiger charge is 1.80. The average Bonchev–Trinajstić information content (AvgIpc) is 1.86. The van der Waals surface area contributed by atoms with Crippen molar-refractivity contribution in [3.05, 3.63) is 12.7 Å². The minimum atomic E-state index is 1.62. The third-order valence-electron chi connectivity index (χ3n) is 0.576. The van der Waals surface area contributed by atoms with Crippen LogP contribution in [0.4, 0.5) is 0 Å². The van der Waals surface area contributed by atoms with E-state index >= 15 is 0 Å². The molecule has 1 heterocycles. The summed E-state index contributed by atoms with van der Waals surface area (Å²) >= 11 is 0. The van der Waals surface area contributed by atoms with E-state index in [4.69, 9.17) is 0 Å². The largest absolute Gasteiger partial charge is 0.263 e. The molecular weight excluding hydrogens is 78.1 g/mol. The Morgan fingerprint density at radius 3 is 2.83 bits per heavy atom. The highest BCUT2D eigenvalue weighted by Crippen LogP contribution is 1.50. The zero-order chi connectivity index (χ0) is 4.41. The molecule has 32 valence electrons. The number of rotatable bonds is 0. The minimum Gasteiger partial charge on any atom is -0.233 e. The van der Waals surface area contributed by atoms with E-state index in [9.17, 15) is 0 Å². The average molecular weight is 84.1 g/mol. The van der Waals surface area contributed by atoms with Gasteiger partial charge in [-0.1, -0.05) is 0 Å². The fraction of sp³-hybridized carbons (Fsp3) is 0.333. The van der Waals surface area contributed by atoms with Gasteiger partial charge in [0.25, 0.3) is 6.33 Å². The van der Waals surface area contributed by atoms with Crippen molar-refractivity contribution < 1.29 is 4.68 Å². The highest BCUT2D eigenvalue weighted by atomic mass is 15.3. The van der Waals surface area contributed by atoms with Crippen LogP contribution >= 0.6 is 0 Å². The number of aromatic nitrogens is 3. The maximum Gasteiger partial charge on any atom is 0.263 e. The van der Waals surface area contributed by atoms with E-state index in [2.05, 4.69) is 10.1 Å². The second-order valence-electron chi connectivity index (χ2n) is 1.11. The molecule has 0 fully saturated rings. The summed E-state index contributed by atoms with van der Waals surface area (Å²) in [5, 5.41) is 3.78. The molecule has 0 spiro atoms. The molecule has 3 heteroatoms. The number of aromatic amines is 1. The Balaban J connectivity index is 3.05. The van der Waals surface area contributed by atoms with Gasteiger partial charge >= 0.3 is 0 Å². The fourth-order valence-electron chi connectivity index (χ4n) is 0.299. The summed E-state index contributed by atoms with van der Waals surface area (Å²) in [6.45, 7) is 0. The fourth-order valence-corrected chi connectivity index (χ4v) is 0.299. The topological polar surface area (TPSA) is 32.6 Å². The van der Waals surface area contributed by atoms with Crippen molar-refractivity contribution >= 4 is 0 Å². The van der Waals surface area contributed by atoms with Crippen molar-refractivity contribution in [1.29, 1.82) is 0 Å². The SMILES string of the molecule is C[n+]1c[nH]cn1. The van der Waals surface area contributed by atoms with E-state index in [0.717, 1.165) is 0 Å². The van der Waals surface area contributed by atoms with Crippen LogP contribution in [0.25, 0.3) is 0 Å². The first kappa shape index (κ1) is 3.33. The Labute approximate surface area is 35.6 Å². The zero-order valence-corrected chi connectivity index (χ0v) is 3.55.